The van der Waals surface area contributed by atoms with E-state index >= 15 is 0 Å². The minimum atomic E-state index is -0.699. The Balaban J connectivity index is 2.18. The summed E-state index contributed by atoms with van der Waals surface area (Å²) in [5.74, 6) is -0.581. The fourth-order valence-electron chi connectivity index (χ4n) is 2.05. The van der Waals surface area contributed by atoms with Crippen LogP contribution in [0.1, 0.15) is 12.8 Å². The third kappa shape index (κ3) is 1.05. The average Bonchev–Trinajstić information content (AvgIpc) is 2.47. The number of nitrogens with zero attached hydrogens (tertiary/aromatic N) is 1. The molecule has 1 aliphatic carbocycles. The predicted molar refractivity (Wildman–Crippen MR) is 45.3 cm³/mol. The molecule has 0 aromatic rings. The Hall–Kier alpha value is -1.12. The smallest absolute Gasteiger partial charge is 0.308 e. The predicted octanol–water partition coefficient (Wildman–Crippen LogP) is 1.11. The maximum atomic E-state index is 10.8. The molecule has 2 aliphatic rings. The Kier molecular flexibility index (Phi) is 1.71. The Bertz CT molecular complexity index is 257. The Morgan fingerprint density at radius 1 is 1.50 bits per heavy atom. The summed E-state index contributed by atoms with van der Waals surface area (Å²) in [5.41, 5.74) is 0. The summed E-state index contributed by atoms with van der Waals surface area (Å²) in [7, 11) is 0. The molecule has 12 heavy (non-hydrogen) atoms. The fourth-order valence-corrected chi connectivity index (χ4v) is 2.05. The van der Waals surface area contributed by atoms with Crippen LogP contribution in [-0.2, 0) is 4.79 Å². The summed E-state index contributed by atoms with van der Waals surface area (Å²) in [4.78, 5) is 15.0. The Morgan fingerprint density at radius 2 is 2.33 bits per heavy atom. The number of dihydropyridines is 1. The molecule has 3 unspecified atom stereocenters. The van der Waals surface area contributed by atoms with Crippen LogP contribution in [0.25, 0.3) is 0 Å². The van der Waals surface area contributed by atoms with Gasteiger partial charge in [0.15, 0.2) is 0 Å². The molecule has 3 nitrogen and oxygen atoms in total. The Labute approximate surface area is 70.8 Å². The van der Waals surface area contributed by atoms with E-state index in [0.717, 1.165) is 12.8 Å². The summed E-state index contributed by atoms with van der Waals surface area (Å²) in [6.45, 7) is 0. The van der Waals surface area contributed by atoms with E-state index in [-0.39, 0.29) is 12.0 Å². The van der Waals surface area contributed by atoms with E-state index in [9.17, 15) is 4.79 Å². The van der Waals surface area contributed by atoms with Gasteiger partial charge in [0.1, 0.15) is 0 Å². The zero-order chi connectivity index (χ0) is 8.55. The molecule has 1 heterocycles. The molecule has 3 atom stereocenters. The van der Waals surface area contributed by atoms with E-state index in [4.69, 9.17) is 5.11 Å². The van der Waals surface area contributed by atoms with Crippen LogP contribution in [-0.4, -0.2) is 23.3 Å². The zero-order valence-corrected chi connectivity index (χ0v) is 6.68. The highest BCUT2D eigenvalue weighted by Crippen LogP contribution is 2.35. The number of aliphatic imine (C=N–C) groups is 1. The highest BCUT2D eigenvalue weighted by molar-refractivity contribution is 5.76. The minimum absolute atomic E-state index is 0.00694. The van der Waals surface area contributed by atoms with Crippen molar-refractivity contribution in [1.82, 2.24) is 0 Å². The number of hydrogen-bond donors (Lipinski definition) is 1. The molecule has 0 bridgehead atoms. The van der Waals surface area contributed by atoms with Crippen molar-refractivity contribution >= 4 is 12.2 Å². The average molecular weight is 165 g/mol. The van der Waals surface area contributed by atoms with Gasteiger partial charge in [0.25, 0.3) is 0 Å². The van der Waals surface area contributed by atoms with Gasteiger partial charge in [-0.1, -0.05) is 6.08 Å². The van der Waals surface area contributed by atoms with Crippen LogP contribution in [0.15, 0.2) is 17.1 Å². The molecule has 0 amide bonds. The van der Waals surface area contributed by atoms with Gasteiger partial charge in [-0.2, -0.15) is 0 Å². The van der Waals surface area contributed by atoms with Crippen molar-refractivity contribution in [1.29, 1.82) is 0 Å². The van der Waals surface area contributed by atoms with Gasteiger partial charge in [-0.15, -0.1) is 0 Å². The first kappa shape index (κ1) is 7.53. The highest BCUT2D eigenvalue weighted by atomic mass is 16.4. The number of carboxylic acid groups (broad SMARTS) is 1. The first-order valence-corrected chi connectivity index (χ1v) is 4.22. The van der Waals surface area contributed by atoms with Gasteiger partial charge in [0, 0.05) is 12.1 Å². The maximum Gasteiger partial charge on any atom is 0.308 e. The largest absolute Gasteiger partial charge is 0.481 e. The minimum Gasteiger partial charge on any atom is -0.481 e. The van der Waals surface area contributed by atoms with Crippen LogP contribution < -0.4 is 0 Å². The van der Waals surface area contributed by atoms with Gasteiger partial charge in [-0.05, 0) is 18.9 Å². The highest BCUT2D eigenvalue weighted by Gasteiger charge is 2.39. The van der Waals surface area contributed by atoms with Gasteiger partial charge in [-0.25, -0.2) is 0 Å². The van der Waals surface area contributed by atoms with Gasteiger partial charge in [-0.3, -0.25) is 9.79 Å². The van der Waals surface area contributed by atoms with Crippen molar-refractivity contribution in [2.45, 2.75) is 18.9 Å². The van der Waals surface area contributed by atoms with Crippen molar-refractivity contribution < 1.29 is 9.90 Å². The van der Waals surface area contributed by atoms with Crippen molar-refractivity contribution in [3.8, 4) is 0 Å². The van der Waals surface area contributed by atoms with Crippen LogP contribution in [0.2, 0.25) is 0 Å². The first-order chi connectivity index (χ1) is 5.79. The number of aliphatic carboxylic acids is 1. The van der Waals surface area contributed by atoms with Crippen LogP contribution in [0.5, 0.6) is 0 Å². The van der Waals surface area contributed by atoms with E-state index in [1.807, 2.05) is 6.08 Å². The molecular formula is C9H11NO2. The monoisotopic (exact) mass is 165 g/mol. The summed E-state index contributed by atoms with van der Waals surface area (Å²) >= 11 is 0. The molecule has 0 spiro atoms. The van der Waals surface area contributed by atoms with E-state index in [1.165, 1.54) is 0 Å². The van der Waals surface area contributed by atoms with Crippen LogP contribution in [0.3, 0.4) is 0 Å². The normalized spacial score (nSPS) is 38.2. The standard InChI is InChI=1S/C9H11NO2/c11-9(12)7-4-3-6-2-1-5-10-8(6)7/h1-2,5-8H,3-4H2,(H,11,12). The van der Waals surface area contributed by atoms with E-state index in [0.29, 0.717) is 5.92 Å². The quantitative estimate of drug-likeness (QED) is 0.632. The second-order valence-corrected chi connectivity index (χ2v) is 3.36. The third-order valence-electron chi connectivity index (χ3n) is 2.68. The number of rotatable bonds is 1. The lowest BCUT2D eigenvalue weighted by atomic mass is 9.96. The van der Waals surface area contributed by atoms with E-state index in [2.05, 4.69) is 11.1 Å². The SMILES string of the molecule is O=C(O)C1CCC2C=CC=NC21. The lowest BCUT2D eigenvalue weighted by Gasteiger charge is -2.17. The van der Waals surface area contributed by atoms with E-state index in [1.54, 1.807) is 6.21 Å². The van der Waals surface area contributed by atoms with E-state index < -0.39 is 5.97 Å². The van der Waals surface area contributed by atoms with Crippen molar-refractivity contribution in [3.63, 3.8) is 0 Å². The zero-order valence-electron chi connectivity index (χ0n) is 6.68. The number of carboxylic acids is 1. The molecule has 1 N–H and O–H groups in total. The lowest BCUT2D eigenvalue weighted by Crippen LogP contribution is -2.26. The molecular weight excluding hydrogens is 154 g/mol. The van der Waals surface area contributed by atoms with Gasteiger partial charge in [0.05, 0.1) is 12.0 Å². The van der Waals surface area contributed by atoms with Gasteiger partial charge >= 0.3 is 5.97 Å². The molecule has 0 saturated heterocycles. The molecule has 1 saturated carbocycles. The van der Waals surface area contributed by atoms with Gasteiger partial charge in [0.2, 0.25) is 0 Å². The lowest BCUT2D eigenvalue weighted by molar-refractivity contribution is -0.141. The van der Waals surface area contributed by atoms with Crippen molar-refractivity contribution in [2.24, 2.45) is 16.8 Å². The molecule has 1 fully saturated rings. The summed E-state index contributed by atoms with van der Waals surface area (Å²) < 4.78 is 0. The summed E-state index contributed by atoms with van der Waals surface area (Å²) in [6, 6.07) is 0.00694. The fraction of sp³-hybridized carbons (Fsp3) is 0.556. The maximum absolute atomic E-state index is 10.8. The molecule has 3 heteroatoms. The van der Waals surface area contributed by atoms with Crippen LogP contribution >= 0.6 is 0 Å². The number of allylic oxidation sites excluding steroid dienone is 1. The topological polar surface area (TPSA) is 49.7 Å². The molecule has 64 valence electrons. The van der Waals surface area contributed by atoms with Crippen molar-refractivity contribution in [3.05, 3.63) is 12.2 Å². The molecule has 1 aliphatic heterocycles. The summed E-state index contributed by atoms with van der Waals surface area (Å²) in [6.07, 6.45) is 7.43. The molecule has 0 aromatic heterocycles. The third-order valence-corrected chi connectivity index (χ3v) is 2.68. The molecule has 0 radical (unpaired) electrons. The van der Waals surface area contributed by atoms with Crippen molar-refractivity contribution in [2.75, 3.05) is 0 Å². The second kappa shape index (κ2) is 2.73. The second-order valence-electron chi connectivity index (χ2n) is 3.36. The number of hydrogen-bond acceptors (Lipinski definition) is 2. The number of carbonyl (C=O) groups is 1. The first-order valence-electron chi connectivity index (χ1n) is 4.22. The van der Waals surface area contributed by atoms with Crippen LogP contribution in [0.4, 0.5) is 0 Å². The molecule has 0 aromatic carbocycles. The molecule has 2 rings (SSSR count). The van der Waals surface area contributed by atoms with Gasteiger partial charge < -0.3 is 5.11 Å². The Morgan fingerprint density at radius 3 is 3.08 bits per heavy atom. The number of fused-ring (bicyclic) bond motifs is 1. The van der Waals surface area contributed by atoms with Crippen LogP contribution in [0, 0.1) is 11.8 Å². The summed E-state index contributed by atoms with van der Waals surface area (Å²) in [5, 5.41) is 8.85.